The molecular weight excluding hydrogens is 404 g/mol. The molecule has 1 saturated heterocycles. The minimum atomic E-state index is -3.06. The molecule has 1 aromatic carbocycles. The molecule has 1 aliphatic heterocycles. The summed E-state index contributed by atoms with van der Waals surface area (Å²) in [5, 5.41) is 3.42. The number of aliphatic imine (C=N–C) groups is 1. The molecule has 0 spiro atoms. The maximum absolute atomic E-state index is 11.6. The van der Waals surface area contributed by atoms with Gasteiger partial charge in [-0.15, -0.1) is 0 Å². The first-order chi connectivity index (χ1) is 11.8. The summed E-state index contributed by atoms with van der Waals surface area (Å²) in [6.07, 6.45) is 3.05. The monoisotopic (exact) mass is 430 g/mol. The Morgan fingerprint density at radius 1 is 1.32 bits per heavy atom. The molecule has 1 fully saturated rings. The van der Waals surface area contributed by atoms with E-state index in [0.717, 1.165) is 36.4 Å². The van der Waals surface area contributed by atoms with Gasteiger partial charge in [0, 0.05) is 44.7 Å². The topological polar surface area (TPSA) is 65.0 Å². The van der Waals surface area contributed by atoms with Crippen LogP contribution in [0.2, 0.25) is 0 Å². The minimum Gasteiger partial charge on any atom is -0.356 e. The SMILES string of the molecule is CN=C(NCC1CCN(S(C)(=O)=O)CC1)N(C)Cc1ccc(Br)cc1. The number of halogens is 1. The van der Waals surface area contributed by atoms with Crippen molar-refractivity contribution in [2.45, 2.75) is 19.4 Å². The largest absolute Gasteiger partial charge is 0.356 e. The molecular formula is C17H27BrN4O2S. The van der Waals surface area contributed by atoms with E-state index in [1.54, 1.807) is 11.4 Å². The summed E-state index contributed by atoms with van der Waals surface area (Å²) in [6.45, 7) is 2.81. The number of nitrogens with zero attached hydrogens (tertiary/aromatic N) is 3. The molecule has 0 atom stereocenters. The van der Waals surface area contributed by atoms with Gasteiger partial charge < -0.3 is 10.2 Å². The number of piperidine rings is 1. The summed E-state index contributed by atoms with van der Waals surface area (Å²) in [7, 11) is 0.743. The molecule has 1 N–H and O–H groups in total. The summed E-state index contributed by atoms with van der Waals surface area (Å²) in [4.78, 5) is 6.45. The maximum atomic E-state index is 11.6. The normalized spacial score (nSPS) is 17.5. The van der Waals surface area contributed by atoms with Crippen molar-refractivity contribution in [3.05, 3.63) is 34.3 Å². The van der Waals surface area contributed by atoms with Crippen molar-refractivity contribution in [1.29, 1.82) is 0 Å². The fourth-order valence-corrected chi connectivity index (χ4v) is 4.14. The molecule has 0 saturated carbocycles. The highest BCUT2D eigenvalue weighted by Gasteiger charge is 2.25. The second-order valence-corrected chi connectivity index (χ2v) is 9.41. The molecule has 1 heterocycles. The zero-order valence-corrected chi connectivity index (χ0v) is 17.5. The van der Waals surface area contributed by atoms with Crippen molar-refractivity contribution in [1.82, 2.24) is 14.5 Å². The smallest absolute Gasteiger partial charge is 0.211 e. The summed E-state index contributed by atoms with van der Waals surface area (Å²) in [5.41, 5.74) is 1.22. The van der Waals surface area contributed by atoms with Gasteiger partial charge in [0.05, 0.1) is 6.26 Å². The Labute approximate surface area is 159 Å². The molecule has 2 rings (SSSR count). The van der Waals surface area contributed by atoms with Crippen molar-refractivity contribution < 1.29 is 8.42 Å². The highest BCUT2D eigenvalue weighted by atomic mass is 79.9. The van der Waals surface area contributed by atoms with Crippen molar-refractivity contribution in [2.24, 2.45) is 10.9 Å². The van der Waals surface area contributed by atoms with Crippen LogP contribution in [-0.4, -0.2) is 63.6 Å². The van der Waals surface area contributed by atoms with E-state index in [1.165, 1.54) is 11.8 Å². The Balaban J connectivity index is 1.81. The first-order valence-electron chi connectivity index (χ1n) is 8.41. The van der Waals surface area contributed by atoms with Crippen LogP contribution in [0, 0.1) is 5.92 Å². The molecule has 0 radical (unpaired) electrons. The average molecular weight is 431 g/mol. The Morgan fingerprint density at radius 2 is 1.92 bits per heavy atom. The third kappa shape index (κ3) is 6.27. The van der Waals surface area contributed by atoms with Crippen LogP contribution in [0.15, 0.2) is 33.7 Å². The number of benzene rings is 1. The lowest BCUT2D eigenvalue weighted by Crippen LogP contribution is -2.44. The third-order valence-electron chi connectivity index (χ3n) is 4.50. The Hall–Kier alpha value is -1.12. The quantitative estimate of drug-likeness (QED) is 0.573. The molecule has 0 aromatic heterocycles. The second-order valence-electron chi connectivity index (χ2n) is 6.52. The zero-order chi connectivity index (χ0) is 18.4. The number of rotatable bonds is 5. The summed E-state index contributed by atoms with van der Waals surface area (Å²) in [6, 6.07) is 8.26. The second kappa shape index (κ2) is 9.00. The maximum Gasteiger partial charge on any atom is 0.211 e. The average Bonchev–Trinajstić information content (AvgIpc) is 2.57. The van der Waals surface area contributed by atoms with Gasteiger partial charge in [-0.05, 0) is 36.5 Å². The van der Waals surface area contributed by atoms with Crippen LogP contribution in [0.25, 0.3) is 0 Å². The molecule has 0 aliphatic carbocycles. The lowest BCUT2D eigenvalue weighted by Gasteiger charge is -2.31. The lowest BCUT2D eigenvalue weighted by molar-refractivity contribution is 0.273. The molecule has 8 heteroatoms. The van der Waals surface area contributed by atoms with Gasteiger partial charge in [-0.1, -0.05) is 28.1 Å². The molecule has 25 heavy (non-hydrogen) atoms. The molecule has 140 valence electrons. The number of hydrogen-bond donors (Lipinski definition) is 1. The van der Waals surface area contributed by atoms with E-state index in [4.69, 9.17) is 0 Å². The van der Waals surface area contributed by atoms with Crippen LogP contribution in [0.5, 0.6) is 0 Å². The van der Waals surface area contributed by atoms with Crippen molar-refractivity contribution >= 4 is 31.9 Å². The fourth-order valence-electron chi connectivity index (χ4n) is 3.00. The van der Waals surface area contributed by atoms with Gasteiger partial charge in [0.25, 0.3) is 0 Å². The van der Waals surface area contributed by atoms with Gasteiger partial charge in [0.1, 0.15) is 0 Å². The molecule has 0 unspecified atom stereocenters. The Bertz CT molecular complexity index is 683. The molecule has 1 aliphatic rings. The number of guanidine groups is 1. The van der Waals surface area contributed by atoms with E-state index in [1.807, 2.05) is 19.2 Å². The van der Waals surface area contributed by atoms with Crippen molar-refractivity contribution in [2.75, 3.05) is 40.0 Å². The third-order valence-corrected chi connectivity index (χ3v) is 6.33. The molecule has 6 nitrogen and oxygen atoms in total. The predicted octanol–water partition coefficient (Wildman–Crippen LogP) is 2.13. The number of nitrogens with one attached hydrogen (secondary N) is 1. The standard InChI is InChI=1S/C17H27BrN4O2S/c1-19-17(21(2)13-15-4-6-16(18)7-5-15)20-12-14-8-10-22(11-9-14)25(3,23)24/h4-7,14H,8-13H2,1-3H3,(H,19,20). The zero-order valence-electron chi connectivity index (χ0n) is 15.1. The van der Waals surface area contributed by atoms with Crippen LogP contribution in [-0.2, 0) is 16.6 Å². The van der Waals surface area contributed by atoms with Crippen LogP contribution in [0.3, 0.4) is 0 Å². The Morgan fingerprint density at radius 3 is 2.44 bits per heavy atom. The van der Waals surface area contributed by atoms with Gasteiger partial charge in [-0.2, -0.15) is 0 Å². The number of hydrogen-bond acceptors (Lipinski definition) is 3. The van der Waals surface area contributed by atoms with E-state index in [2.05, 4.69) is 43.3 Å². The Kier molecular flexibility index (Phi) is 7.27. The first-order valence-corrected chi connectivity index (χ1v) is 11.0. The van der Waals surface area contributed by atoms with Gasteiger partial charge in [0.15, 0.2) is 5.96 Å². The van der Waals surface area contributed by atoms with E-state index in [0.29, 0.717) is 19.0 Å². The van der Waals surface area contributed by atoms with Gasteiger partial charge in [-0.3, -0.25) is 4.99 Å². The minimum absolute atomic E-state index is 0.468. The highest BCUT2D eigenvalue weighted by molar-refractivity contribution is 9.10. The van der Waals surface area contributed by atoms with Crippen LogP contribution in [0.4, 0.5) is 0 Å². The molecule has 0 bridgehead atoms. The lowest BCUT2D eigenvalue weighted by atomic mass is 9.98. The van der Waals surface area contributed by atoms with Crippen LogP contribution < -0.4 is 5.32 Å². The summed E-state index contributed by atoms with van der Waals surface area (Å²) < 4.78 is 25.8. The summed E-state index contributed by atoms with van der Waals surface area (Å²) in [5.74, 6) is 1.32. The number of sulfonamides is 1. The highest BCUT2D eigenvalue weighted by Crippen LogP contribution is 2.18. The van der Waals surface area contributed by atoms with E-state index >= 15 is 0 Å². The summed E-state index contributed by atoms with van der Waals surface area (Å²) >= 11 is 3.45. The van der Waals surface area contributed by atoms with Gasteiger partial charge >= 0.3 is 0 Å². The van der Waals surface area contributed by atoms with Crippen LogP contribution >= 0.6 is 15.9 Å². The first kappa shape index (κ1) is 20.2. The molecule has 1 aromatic rings. The van der Waals surface area contributed by atoms with E-state index < -0.39 is 10.0 Å². The van der Waals surface area contributed by atoms with Crippen LogP contribution in [0.1, 0.15) is 18.4 Å². The molecule has 0 amide bonds. The van der Waals surface area contributed by atoms with Crippen molar-refractivity contribution in [3.63, 3.8) is 0 Å². The van der Waals surface area contributed by atoms with E-state index in [-0.39, 0.29) is 0 Å². The van der Waals surface area contributed by atoms with Gasteiger partial charge in [0.2, 0.25) is 10.0 Å². The predicted molar refractivity (Wildman–Crippen MR) is 106 cm³/mol. The van der Waals surface area contributed by atoms with E-state index in [9.17, 15) is 8.42 Å². The van der Waals surface area contributed by atoms with Crippen molar-refractivity contribution in [3.8, 4) is 0 Å². The fraction of sp³-hybridized carbons (Fsp3) is 0.588. The van der Waals surface area contributed by atoms with Gasteiger partial charge in [-0.25, -0.2) is 12.7 Å².